The highest BCUT2D eigenvalue weighted by Crippen LogP contribution is 2.25. The van der Waals surface area contributed by atoms with Gasteiger partial charge in [-0.1, -0.05) is 12.1 Å². The van der Waals surface area contributed by atoms with Gasteiger partial charge in [-0.25, -0.2) is 13.2 Å². The number of halogens is 4. The molecule has 20 heavy (non-hydrogen) atoms. The van der Waals surface area contributed by atoms with E-state index < -0.39 is 11.6 Å². The minimum Gasteiger partial charge on any atom is -0.271 e. The first kappa shape index (κ1) is 15.3. The lowest BCUT2D eigenvalue weighted by Gasteiger charge is -2.18. The Balaban J connectivity index is 2.28. The highest BCUT2D eigenvalue weighted by molar-refractivity contribution is 14.1. The van der Waals surface area contributed by atoms with Gasteiger partial charge in [0.15, 0.2) is 0 Å². The molecule has 0 aliphatic rings. The number of nitrogens with two attached hydrogens (primary N) is 1. The smallest absolute Gasteiger partial charge is 0.129 e. The van der Waals surface area contributed by atoms with Crippen molar-refractivity contribution in [2.75, 3.05) is 0 Å². The average Bonchev–Trinajstić information content (AvgIpc) is 2.39. The predicted molar refractivity (Wildman–Crippen MR) is 79.2 cm³/mol. The van der Waals surface area contributed by atoms with Crippen molar-refractivity contribution < 1.29 is 13.2 Å². The van der Waals surface area contributed by atoms with Gasteiger partial charge < -0.3 is 0 Å². The largest absolute Gasteiger partial charge is 0.271 e. The van der Waals surface area contributed by atoms with Crippen molar-refractivity contribution in [1.29, 1.82) is 0 Å². The van der Waals surface area contributed by atoms with E-state index in [4.69, 9.17) is 5.84 Å². The molecule has 0 heterocycles. The second kappa shape index (κ2) is 6.55. The molecule has 0 aliphatic heterocycles. The Morgan fingerprint density at radius 1 is 1.05 bits per heavy atom. The summed E-state index contributed by atoms with van der Waals surface area (Å²) in [5, 5.41) is 0. The van der Waals surface area contributed by atoms with Crippen LogP contribution in [0.1, 0.15) is 17.2 Å². The Kier molecular flexibility index (Phi) is 5.00. The Labute approximate surface area is 128 Å². The maximum absolute atomic E-state index is 13.7. The van der Waals surface area contributed by atoms with E-state index in [0.29, 0.717) is 9.13 Å². The van der Waals surface area contributed by atoms with Crippen molar-refractivity contribution in [2.24, 2.45) is 5.84 Å². The number of rotatable bonds is 4. The minimum absolute atomic E-state index is 0.240. The van der Waals surface area contributed by atoms with E-state index in [2.05, 4.69) is 5.43 Å². The molecule has 3 N–H and O–H groups in total. The highest BCUT2D eigenvalue weighted by atomic mass is 127. The van der Waals surface area contributed by atoms with E-state index in [1.807, 2.05) is 22.6 Å². The van der Waals surface area contributed by atoms with Gasteiger partial charge in [0.1, 0.15) is 17.5 Å². The van der Waals surface area contributed by atoms with Crippen molar-refractivity contribution in [2.45, 2.75) is 12.5 Å². The van der Waals surface area contributed by atoms with Crippen LogP contribution in [0.4, 0.5) is 13.2 Å². The van der Waals surface area contributed by atoms with E-state index in [0.717, 1.165) is 11.6 Å². The fraction of sp³-hybridized carbons (Fsp3) is 0.143. The summed E-state index contributed by atoms with van der Waals surface area (Å²) < 4.78 is 40.3. The summed E-state index contributed by atoms with van der Waals surface area (Å²) >= 11 is 1.99. The quantitative estimate of drug-likeness (QED) is 0.475. The fourth-order valence-electron chi connectivity index (χ4n) is 1.95. The number of nitrogens with one attached hydrogen (secondary N) is 1. The maximum Gasteiger partial charge on any atom is 0.129 e. The van der Waals surface area contributed by atoms with Crippen molar-refractivity contribution in [3.8, 4) is 0 Å². The summed E-state index contributed by atoms with van der Waals surface area (Å²) in [6.45, 7) is 0. The van der Waals surface area contributed by atoms with Gasteiger partial charge in [0.05, 0.1) is 6.04 Å². The topological polar surface area (TPSA) is 38.0 Å². The van der Waals surface area contributed by atoms with Gasteiger partial charge in [-0.05, 0) is 58.3 Å². The van der Waals surface area contributed by atoms with Crippen molar-refractivity contribution in [3.63, 3.8) is 0 Å². The summed E-state index contributed by atoms with van der Waals surface area (Å²) in [4.78, 5) is 0. The highest BCUT2D eigenvalue weighted by Gasteiger charge is 2.16. The molecule has 0 aromatic heterocycles. The zero-order chi connectivity index (χ0) is 14.7. The molecule has 0 bridgehead atoms. The van der Waals surface area contributed by atoms with Crippen LogP contribution in [0.3, 0.4) is 0 Å². The maximum atomic E-state index is 13.7. The van der Waals surface area contributed by atoms with Gasteiger partial charge in [0.25, 0.3) is 0 Å². The number of hydrogen-bond acceptors (Lipinski definition) is 2. The summed E-state index contributed by atoms with van der Waals surface area (Å²) in [5.74, 6) is 3.90. The molecule has 0 saturated heterocycles. The van der Waals surface area contributed by atoms with Crippen LogP contribution in [-0.2, 0) is 6.42 Å². The van der Waals surface area contributed by atoms with Gasteiger partial charge in [0, 0.05) is 9.64 Å². The van der Waals surface area contributed by atoms with Crippen molar-refractivity contribution in [1.82, 2.24) is 5.43 Å². The second-order valence-corrected chi connectivity index (χ2v) is 5.49. The van der Waals surface area contributed by atoms with Crippen molar-refractivity contribution >= 4 is 22.6 Å². The molecule has 106 valence electrons. The lowest BCUT2D eigenvalue weighted by Crippen LogP contribution is -2.30. The summed E-state index contributed by atoms with van der Waals surface area (Å²) in [5.41, 5.74) is 3.69. The predicted octanol–water partition coefficient (Wildman–Crippen LogP) is 3.46. The molecule has 0 radical (unpaired) electrons. The van der Waals surface area contributed by atoms with Crippen LogP contribution in [0.25, 0.3) is 0 Å². The van der Waals surface area contributed by atoms with Gasteiger partial charge in [-0.15, -0.1) is 0 Å². The first-order valence-corrected chi connectivity index (χ1v) is 6.94. The van der Waals surface area contributed by atoms with Crippen LogP contribution >= 0.6 is 22.6 Å². The van der Waals surface area contributed by atoms with E-state index in [9.17, 15) is 13.2 Å². The van der Waals surface area contributed by atoms with E-state index >= 15 is 0 Å². The monoisotopic (exact) mass is 392 g/mol. The van der Waals surface area contributed by atoms with Crippen LogP contribution in [0.5, 0.6) is 0 Å². The molecule has 6 heteroatoms. The Hall–Kier alpha value is -1.12. The molecule has 2 aromatic rings. The first-order valence-electron chi connectivity index (χ1n) is 5.86. The van der Waals surface area contributed by atoms with Crippen LogP contribution < -0.4 is 11.3 Å². The van der Waals surface area contributed by atoms with Crippen LogP contribution in [0, 0.1) is 21.0 Å². The van der Waals surface area contributed by atoms with Gasteiger partial charge >= 0.3 is 0 Å². The summed E-state index contributed by atoms with van der Waals surface area (Å²) in [6.07, 6.45) is 0.240. The van der Waals surface area contributed by atoms with E-state index in [-0.39, 0.29) is 18.3 Å². The molecule has 2 rings (SSSR count). The molecule has 0 saturated carbocycles. The number of hydrazine groups is 1. The molecule has 2 nitrogen and oxygen atoms in total. The Morgan fingerprint density at radius 2 is 1.70 bits per heavy atom. The molecule has 1 unspecified atom stereocenters. The molecule has 0 spiro atoms. The third-order valence-electron chi connectivity index (χ3n) is 2.98. The lowest BCUT2D eigenvalue weighted by molar-refractivity contribution is 0.519. The SMILES string of the molecule is NNC(Cc1ccc(F)cc1F)c1ccc(F)cc1I. The molecule has 2 aromatic carbocycles. The molecular formula is C14H12F3IN2. The van der Waals surface area contributed by atoms with Gasteiger partial charge in [0.2, 0.25) is 0 Å². The lowest BCUT2D eigenvalue weighted by atomic mass is 9.99. The van der Waals surface area contributed by atoms with E-state index in [1.165, 1.54) is 24.3 Å². The van der Waals surface area contributed by atoms with E-state index in [1.54, 1.807) is 6.07 Å². The van der Waals surface area contributed by atoms with Gasteiger partial charge in [-0.2, -0.15) is 0 Å². The molecule has 0 amide bonds. The average molecular weight is 392 g/mol. The standard InChI is InChI=1S/C14H12F3IN2/c15-9-2-1-8(12(17)6-9)5-14(20-19)11-4-3-10(16)7-13(11)18/h1-4,6-7,14,20H,5,19H2. The third kappa shape index (κ3) is 3.50. The third-order valence-corrected chi connectivity index (χ3v) is 3.91. The fourth-order valence-corrected chi connectivity index (χ4v) is 2.80. The van der Waals surface area contributed by atoms with Crippen molar-refractivity contribution in [3.05, 3.63) is 68.5 Å². The normalized spacial score (nSPS) is 12.4. The molecule has 0 aliphatic carbocycles. The number of benzene rings is 2. The summed E-state index contributed by atoms with van der Waals surface area (Å²) in [6, 6.07) is 7.32. The zero-order valence-electron chi connectivity index (χ0n) is 10.3. The summed E-state index contributed by atoms with van der Waals surface area (Å²) in [7, 11) is 0. The second-order valence-electron chi connectivity index (χ2n) is 4.32. The van der Waals surface area contributed by atoms with Crippen LogP contribution in [0.2, 0.25) is 0 Å². The van der Waals surface area contributed by atoms with Crippen LogP contribution in [-0.4, -0.2) is 0 Å². The molecular weight excluding hydrogens is 380 g/mol. The van der Waals surface area contributed by atoms with Gasteiger partial charge in [-0.3, -0.25) is 11.3 Å². The first-order chi connectivity index (χ1) is 9.51. The Bertz CT molecular complexity index is 619. The zero-order valence-corrected chi connectivity index (χ0v) is 12.5. The van der Waals surface area contributed by atoms with Crippen LogP contribution in [0.15, 0.2) is 36.4 Å². The minimum atomic E-state index is -0.625. The molecule has 1 atom stereocenters. The Morgan fingerprint density at radius 3 is 2.30 bits per heavy atom. The number of hydrogen-bond donors (Lipinski definition) is 2. The molecule has 0 fully saturated rings.